The van der Waals surface area contributed by atoms with Gasteiger partial charge in [0.25, 0.3) is 0 Å². The Morgan fingerprint density at radius 3 is 2.82 bits per heavy atom. The average molecular weight is 234 g/mol. The molecule has 0 bridgehead atoms. The molecule has 1 aliphatic rings. The lowest BCUT2D eigenvalue weighted by molar-refractivity contribution is 0.0600. The fraction of sp³-hybridized carbons (Fsp3) is 0.538. The molecule has 1 saturated carbocycles. The van der Waals surface area contributed by atoms with Gasteiger partial charge in [-0.1, -0.05) is 0 Å². The first-order chi connectivity index (χ1) is 8.19. The van der Waals surface area contributed by atoms with E-state index in [0.717, 1.165) is 24.7 Å². The molecule has 0 saturated heterocycles. The van der Waals surface area contributed by atoms with Crippen LogP contribution in [0.4, 0.5) is 0 Å². The lowest BCUT2D eigenvalue weighted by atomic mass is 10.2. The number of pyridine rings is 1. The highest BCUT2D eigenvalue weighted by Gasteiger charge is 2.22. The number of ether oxygens (including phenoxy) is 1. The summed E-state index contributed by atoms with van der Waals surface area (Å²) >= 11 is 0. The van der Waals surface area contributed by atoms with Crippen molar-refractivity contribution in [2.24, 2.45) is 5.92 Å². The standard InChI is InChI=1S/C13H18N2O2/c1-15(8-10-3-4-10)9-12-6-5-11(7-14-12)13(16)17-2/h5-7,10H,3-4,8-9H2,1-2H3. The number of carbonyl (C=O) groups is 1. The summed E-state index contributed by atoms with van der Waals surface area (Å²) in [4.78, 5) is 17.8. The van der Waals surface area contributed by atoms with Crippen LogP contribution in [0.2, 0.25) is 0 Å². The first-order valence-electron chi connectivity index (χ1n) is 5.91. The Bertz CT molecular complexity index is 385. The lowest BCUT2D eigenvalue weighted by Gasteiger charge is -2.15. The predicted octanol–water partition coefficient (Wildman–Crippen LogP) is 1.71. The summed E-state index contributed by atoms with van der Waals surface area (Å²) in [6, 6.07) is 3.65. The summed E-state index contributed by atoms with van der Waals surface area (Å²) in [5, 5.41) is 0. The minimum absolute atomic E-state index is 0.338. The monoisotopic (exact) mass is 234 g/mol. The minimum Gasteiger partial charge on any atom is -0.465 e. The van der Waals surface area contributed by atoms with E-state index in [9.17, 15) is 4.79 Å². The lowest BCUT2D eigenvalue weighted by Crippen LogP contribution is -2.21. The van der Waals surface area contributed by atoms with E-state index in [1.165, 1.54) is 20.0 Å². The third-order valence-corrected chi connectivity index (χ3v) is 2.94. The maximum absolute atomic E-state index is 11.2. The Kier molecular flexibility index (Phi) is 3.74. The van der Waals surface area contributed by atoms with Crippen molar-refractivity contribution in [1.29, 1.82) is 0 Å². The fourth-order valence-electron chi connectivity index (χ4n) is 1.84. The highest BCUT2D eigenvalue weighted by atomic mass is 16.5. The third-order valence-electron chi connectivity index (χ3n) is 2.94. The minimum atomic E-state index is -0.338. The third kappa shape index (κ3) is 3.53. The summed E-state index contributed by atoms with van der Waals surface area (Å²) in [6.07, 6.45) is 4.30. The van der Waals surface area contributed by atoms with Gasteiger partial charge in [0.1, 0.15) is 0 Å². The van der Waals surface area contributed by atoms with Gasteiger partial charge in [-0.2, -0.15) is 0 Å². The Labute approximate surface area is 102 Å². The highest BCUT2D eigenvalue weighted by Crippen LogP contribution is 2.29. The summed E-state index contributed by atoms with van der Waals surface area (Å²) in [7, 11) is 3.48. The summed E-state index contributed by atoms with van der Waals surface area (Å²) < 4.78 is 4.63. The van der Waals surface area contributed by atoms with Gasteiger partial charge >= 0.3 is 5.97 Å². The first kappa shape index (κ1) is 12.0. The van der Waals surface area contributed by atoms with E-state index in [-0.39, 0.29) is 5.97 Å². The molecule has 0 radical (unpaired) electrons. The van der Waals surface area contributed by atoms with Gasteiger partial charge < -0.3 is 9.64 Å². The van der Waals surface area contributed by atoms with Gasteiger partial charge in [-0.25, -0.2) is 4.79 Å². The van der Waals surface area contributed by atoms with E-state index in [1.54, 1.807) is 12.3 Å². The Hall–Kier alpha value is -1.42. The number of nitrogens with zero attached hydrogens (tertiary/aromatic N) is 2. The van der Waals surface area contributed by atoms with Crippen LogP contribution in [0.15, 0.2) is 18.3 Å². The molecule has 1 heterocycles. The second-order valence-corrected chi connectivity index (χ2v) is 4.67. The molecule has 2 rings (SSSR count). The van der Waals surface area contributed by atoms with E-state index < -0.39 is 0 Å². The second-order valence-electron chi connectivity index (χ2n) is 4.67. The molecule has 0 N–H and O–H groups in total. The molecule has 4 nitrogen and oxygen atoms in total. The smallest absolute Gasteiger partial charge is 0.339 e. The Morgan fingerprint density at radius 1 is 1.53 bits per heavy atom. The van der Waals surface area contributed by atoms with Crippen molar-refractivity contribution < 1.29 is 9.53 Å². The van der Waals surface area contributed by atoms with Gasteiger partial charge in [0.05, 0.1) is 18.4 Å². The average Bonchev–Trinajstić information content (AvgIpc) is 3.12. The molecule has 0 amide bonds. The predicted molar refractivity (Wildman–Crippen MR) is 64.6 cm³/mol. The number of aromatic nitrogens is 1. The molecule has 1 fully saturated rings. The molecular formula is C13H18N2O2. The molecule has 0 aromatic carbocycles. The topological polar surface area (TPSA) is 42.4 Å². The van der Waals surface area contributed by atoms with Crippen LogP contribution in [-0.4, -0.2) is 36.6 Å². The molecule has 4 heteroatoms. The zero-order valence-electron chi connectivity index (χ0n) is 10.3. The van der Waals surface area contributed by atoms with Crippen LogP contribution in [-0.2, 0) is 11.3 Å². The number of esters is 1. The molecule has 0 spiro atoms. The summed E-state index contributed by atoms with van der Waals surface area (Å²) in [5.41, 5.74) is 1.49. The van der Waals surface area contributed by atoms with Crippen molar-refractivity contribution in [1.82, 2.24) is 9.88 Å². The molecule has 17 heavy (non-hydrogen) atoms. The zero-order chi connectivity index (χ0) is 12.3. The first-order valence-corrected chi connectivity index (χ1v) is 5.91. The van der Waals surface area contributed by atoms with Gasteiger partial charge in [-0.05, 0) is 37.9 Å². The number of methoxy groups -OCH3 is 1. The van der Waals surface area contributed by atoms with Gasteiger partial charge in [0, 0.05) is 19.3 Å². The van der Waals surface area contributed by atoms with Gasteiger partial charge in [0.2, 0.25) is 0 Å². The maximum Gasteiger partial charge on any atom is 0.339 e. The molecule has 0 unspecified atom stereocenters. The van der Waals surface area contributed by atoms with E-state index in [4.69, 9.17) is 0 Å². The quantitative estimate of drug-likeness (QED) is 0.727. The SMILES string of the molecule is COC(=O)c1ccc(CN(C)CC2CC2)nc1. The molecule has 92 valence electrons. The molecule has 1 aromatic heterocycles. The molecule has 0 atom stereocenters. The van der Waals surface area contributed by atoms with Crippen molar-refractivity contribution in [2.75, 3.05) is 20.7 Å². The van der Waals surface area contributed by atoms with Gasteiger partial charge in [0.15, 0.2) is 0 Å². The molecule has 1 aromatic rings. The largest absolute Gasteiger partial charge is 0.465 e. The van der Waals surface area contributed by atoms with Crippen LogP contribution < -0.4 is 0 Å². The molecule has 0 aliphatic heterocycles. The Morgan fingerprint density at radius 2 is 2.29 bits per heavy atom. The summed E-state index contributed by atoms with van der Waals surface area (Å²) in [6.45, 7) is 1.97. The number of carbonyl (C=O) groups excluding carboxylic acids is 1. The van der Waals surface area contributed by atoms with Crippen LogP contribution in [0.1, 0.15) is 28.9 Å². The van der Waals surface area contributed by atoms with Crippen LogP contribution in [0.25, 0.3) is 0 Å². The zero-order valence-corrected chi connectivity index (χ0v) is 10.3. The van der Waals surface area contributed by atoms with Crippen LogP contribution in [0.5, 0.6) is 0 Å². The Balaban J connectivity index is 1.90. The second kappa shape index (κ2) is 5.27. The number of rotatable bonds is 5. The van der Waals surface area contributed by atoms with Crippen molar-refractivity contribution in [2.45, 2.75) is 19.4 Å². The van der Waals surface area contributed by atoms with Crippen molar-refractivity contribution in [3.8, 4) is 0 Å². The van der Waals surface area contributed by atoms with Crippen molar-refractivity contribution in [3.63, 3.8) is 0 Å². The van der Waals surface area contributed by atoms with Crippen molar-refractivity contribution in [3.05, 3.63) is 29.6 Å². The van der Waals surface area contributed by atoms with Gasteiger partial charge in [-0.15, -0.1) is 0 Å². The fourth-order valence-corrected chi connectivity index (χ4v) is 1.84. The normalized spacial score (nSPS) is 15.0. The van der Waals surface area contributed by atoms with E-state index in [1.807, 2.05) is 6.07 Å². The van der Waals surface area contributed by atoms with Gasteiger partial charge in [-0.3, -0.25) is 4.98 Å². The van der Waals surface area contributed by atoms with Crippen molar-refractivity contribution >= 4 is 5.97 Å². The van der Waals surface area contributed by atoms with E-state index in [0.29, 0.717) is 5.56 Å². The van der Waals surface area contributed by atoms with Crippen LogP contribution in [0.3, 0.4) is 0 Å². The maximum atomic E-state index is 11.2. The van der Waals surface area contributed by atoms with E-state index >= 15 is 0 Å². The molecular weight excluding hydrogens is 216 g/mol. The number of hydrogen-bond donors (Lipinski definition) is 0. The summed E-state index contributed by atoms with van der Waals surface area (Å²) in [5.74, 6) is 0.546. The highest BCUT2D eigenvalue weighted by molar-refractivity contribution is 5.88. The van der Waals surface area contributed by atoms with Crippen LogP contribution >= 0.6 is 0 Å². The molecule has 1 aliphatic carbocycles. The number of hydrogen-bond acceptors (Lipinski definition) is 4. The van der Waals surface area contributed by atoms with E-state index in [2.05, 4.69) is 21.7 Å². The van der Waals surface area contributed by atoms with Crippen LogP contribution in [0, 0.1) is 5.92 Å².